The molecule has 0 saturated heterocycles. The van der Waals surface area contributed by atoms with Gasteiger partial charge >= 0.3 is 0 Å². The van der Waals surface area contributed by atoms with Gasteiger partial charge in [-0.15, -0.1) is 26.6 Å². The SMILES string of the molecule is Cc1ccc(-n2nnnc2SCc2nnc(-c3cccs3)o2)cc1. The number of tetrazole rings is 1. The van der Waals surface area contributed by atoms with Crippen LogP contribution in [0, 0.1) is 6.92 Å². The predicted octanol–water partition coefficient (Wildman–Crippen LogP) is 3.37. The van der Waals surface area contributed by atoms with Crippen molar-refractivity contribution in [3.05, 3.63) is 53.2 Å². The fourth-order valence-corrected chi connectivity index (χ4v) is 3.43. The Balaban J connectivity index is 1.49. The van der Waals surface area contributed by atoms with E-state index in [2.05, 4.69) is 25.7 Å². The molecule has 0 spiro atoms. The van der Waals surface area contributed by atoms with Crippen molar-refractivity contribution in [2.45, 2.75) is 17.8 Å². The van der Waals surface area contributed by atoms with Crippen molar-refractivity contribution in [3.63, 3.8) is 0 Å². The Morgan fingerprint density at radius 3 is 2.79 bits per heavy atom. The highest BCUT2D eigenvalue weighted by Crippen LogP contribution is 2.26. The van der Waals surface area contributed by atoms with Crippen LogP contribution in [-0.2, 0) is 5.75 Å². The topological polar surface area (TPSA) is 82.5 Å². The highest BCUT2D eigenvalue weighted by atomic mass is 32.2. The molecule has 0 atom stereocenters. The molecule has 4 aromatic rings. The van der Waals surface area contributed by atoms with Gasteiger partial charge in [0.1, 0.15) is 0 Å². The van der Waals surface area contributed by atoms with Crippen molar-refractivity contribution < 1.29 is 4.42 Å². The summed E-state index contributed by atoms with van der Waals surface area (Å²) in [7, 11) is 0. The van der Waals surface area contributed by atoms with Gasteiger partial charge in [-0.25, -0.2) is 0 Å². The maximum Gasteiger partial charge on any atom is 0.257 e. The molecule has 0 unspecified atom stereocenters. The van der Waals surface area contributed by atoms with Crippen molar-refractivity contribution in [2.24, 2.45) is 0 Å². The van der Waals surface area contributed by atoms with Gasteiger partial charge in [0.25, 0.3) is 5.89 Å². The lowest BCUT2D eigenvalue weighted by Crippen LogP contribution is -1.99. The van der Waals surface area contributed by atoms with Crippen LogP contribution in [0.1, 0.15) is 11.5 Å². The van der Waals surface area contributed by atoms with Crippen LogP contribution in [0.3, 0.4) is 0 Å². The zero-order valence-electron chi connectivity index (χ0n) is 12.7. The Morgan fingerprint density at radius 1 is 1.12 bits per heavy atom. The van der Waals surface area contributed by atoms with Gasteiger partial charge in [0, 0.05) is 0 Å². The molecule has 1 aromatic carbocycles. The number of thiophene rings is 1. The van der Waals surface area contributed by atoms with Crippen LogP contribution in [0.2, 0.25) is 0 Å². The van der Waals surface area contributed by atoms with Gasteiger partial charge in [0.2, 0.25) is 11.0 Å². The van der Waals surface area contributed by atoms with E-state index in [1.165, 1.54) is 17.3 Å². The number of thioether (sulfide) groups is 1. The number of nitrogens with zero attached hydrogens (tertiary/aromatic N) is 6. The first-order valence-electron chi connectivity index (χ1n) is 7.14. The van der Waals surface area contributed by atoms with Crippen LogP contribution in [0.5, 0.6) is 0 Å². The van der Waals surface area contributed by atoms with Gasteiger partial charge in [-0.2, -0.15) is 4.68 Å². The van der Waals surface area contributed by atoms with E-state index >= 15 is 0 Å². The fraction of sp³-hybridized carbons (Fsp3) is 0.133. The zero-order valence-corrected chi connectivity index (χ0v) is 14.3. The van der Waals surface area contributed by atoms with Crippen molar-refractivity contribution in [1.29, 1.82) is 0 Å². The van der Waals surface area contributed by atoms with Gasteiger partial charge in [-0.3, -0.25) is 0 Å². The second-order valence-electron chi connectivity index (χ2n) is 4.98. The third-order valence-corrected chi connectivity index (χ3v) is 5.00. The molecule has 0 N–H and O–H groups in total. The summed E-state index contributed by atoms with van der Waals surface area (Å²) in [4.78, 5) is 0.961. The molecular formula is C15H12N6OS2. The van der Waals surface area contributed by atoms with Gasteiger partial charge < -0.3 is 4.42 Å². The van der Waals surface area contributed by atoms with Crippen LogP contribution >= 0.6 is 23.1 Å². The smallest absolute Gasteiger partial charge is 0.257 e. The summed E-state index contributed by atoms with van der Waals surface area (Å²) in [5.41, 5.74) is 2.10. The molecule has 0 aliphatic heterocycles. The zero-order chi connectivity index (χ0) is 16.4. The molecule has 0 aliphatic rings. The molecule has 120 valence electrons. The normalized spacial score (nSPS) is 11.0. The number of aromatic nitrogens is 6. The minimum atomic E-state index is 0.505. The minimum Gasteiger partial charge on any atom is -0.419 e. The molecule has 0 amide bonds. The quantitative estimate of drug-likeness (QED) is 0.507. The van der Waals surface area contributed by atoms with E-state index in [9.17, 15) is 0 Å². The molecule has 3 aromatic heterocycles. The van der Waals surface area contributed by atoms with Crippen molar-refractivity contribution in [3.8, 4) is 16.5 Å². The summed E-state index contributed by atoms with van der Waals surface area (Å²) in [6.07, 6.45) is 0. The second-order valence-corrected chi connectivity index (χ2v) is 6.87. The molecule has 0 radical (unpaired) electrons. The predicted molar refractivity (Wildman–Crippen MR) is 91.1 cm³/mol. The van der Waals surface area contributed by atoms with Crippen molar-refractivity contribution >= 4 is 23.1 Å². The molecule has 0 saturated carbocycles. The van der Waals surface area contributed by atoms with Crippen LogP contribution < -0.4 is 0 Å². The number of hydrogen-bond donors (Lipinski definition) is 0. The first-order valence-corrected chi connectivity index (χ1v) is 9.00. The summed E-state index contributed by atoms with van der Waals surface area (Å²) < 4.78 is 7.37. The number of hydrogen-bond acceptors (Lipinski definition) is 8. The summed E-state index contributed by atoms with van der Waals surface area (Å²) in [6.45, 7) is 2.04. The molecule has 9 heteroatoms. The molecule has 0 bridgehead atoms. The first-order chi connectivity index (χ1) is 11.8. The number of benzene rings is 1. The molecule has 3 heterocycles. The first kappa shape index (κ1) is 15.0. The lowest BCUT2D eigenvalue weighted by molar-refractivity contribution is 0.529. The van der Waals surface area contributed by atoms with Crippen LogP contribution in [-0.4, -0.2) is 30.4 Å². The average Bonchev–Trinajstić information content (AvgIpc) is 3.34. The molecule has 0 aliphatic carbocycles. The average molecular weight is 356 g/mol. The number of rotatable bonds is 5. The fourth-order valence-electron chi connectivity index (χ4n) is 2.05. The van der Waals surface area contributed by atoms with Gasteiger partial charge in [-0.05, 0) is 40.9 Å². The lowest BCUT2D eigenvalue weighted by atomic mass is 10.2. The molecule has 4 rings (SSSR count). The third kappa shape index (κ3) is 3.08. The highest BCUT2D eigenvalue weighted by Gasteiger charge is 2.13. The van der Waals surface area contributed by atoms with Crippen molar-refractivity contribution in [2.75, 3.05) is 0 Å². The Labute approximate surface area is 145 Å². The summed E-state index contributed by atoms with van der Waals surface area (Å²) in [5.74, 6) is 1.59. The van der Waals surface area contributed by atoms with E-state index in [1.54, 1.807) is 16.0 Å². The Hall–Kier alpha value is -2.52. The maximum absolute atomic E-state index is 5.68. The van der Waals surface area contributed by atoms with E-state index < -0.39 is 0 Å². The standard InChI is InChI=1S/C15H12N6OS2/c1-10-4-6-11(7-5-10)21-15(18-19-20-21)24-9-13-16-17-14(22-13)12-3-2-8-23-12/h2-8H,9H2,1H3. The molecular weight excluding hydrogens is 344 g/mol. The van der Waals surface area contributed by atoms with E-state index in [0.29, 0.717) is 22.7 Å². The molecule has 7 nitrogen and oxygen atoms in total. The van der Waals surface area contributed by atoms with Crippen LogP contribution in [0.25, 0.3) is 16.5 Å². The maximum atomic E-state index is 5.68. The molecule has 24 heavy (non-hydrogen) atoms. The van der Waals surface area contributed by atoms with Gasteiger partial charge in [0.15, 0.2) is 0 Å². The second kappa shape index (κ2) is 6.54. The largest absolute Gasteiger partial charge is 0.419 e. The monoisotopic (exact) mass is 356 g/mol. The third-order valence-electron chi connectivity index (χ3n) is 3.24. The van der Waals surface area contributed by atoms with E-state index in [-0.39, 0.29) is 0 Å². The highest BCUT2D eigenvalue weighted by molar-refractivity contribution is 7.98. The van der Waals surface area contributed by atoms with E-state index in [1.807, 2.05) is 48.7 Å². The Kier molecular flexibility index (Phi) is 4.09. The van der Waals surface area contributed by atoms with Crippen LogP contribution in [0.15, 0.2) is 51.4 Å². The van der Waals surface area contributed by atoms with Crippen molar-refractivity contribution in [1.82, 2.24) is 30.4 Å². The number of aryl methyl sites for hydroxylation is 1. The van der Waals surface area contributed by atoms with Gasteiger partial charge in [-0.1, -0.05) is 35.5 Å². The van der Waals surface area contributed by atoms with E-state index in [0.717, 1.165) is 10.6 Å². The van der Waals surface area contributed by atoms with Crippen LogP contribution in [0.4, 0.5) is 0 Å². The summed E-state index contributed by atoms with van der Waals surface area (Å²) in [5, 5.41) is 22.7. The van der Waals surface area contributed by atoms with Gasteiger partial charge in [0.05, 0.1) is 16.3 Å². The van der Waals surface area contributed by atoms with E-state index in [4.69, 9.17) is 4.42 Å². The lowest BCUT2D eigenvalue weighted by Gasteiger charge is -2.03. The minimum absolute atomic E-state index is 0.505. The molecule has 0 fully saturated rings. The summed E-state index contributed by atoms with van der Waals surface area (Å²) in [6, 6.07) is 11.9. The summed E-state index contributed by atoms with van der Waals surface area (Å²) >= 11 is 3.02. The Morgan fingerprint density at radius 2 is 2.00 bits per heavy atom. The Bertz CT molecular complexity index is 929.